The zero-order valence-corrected chi connectivity index (χ0v) is 11.4. The molecule has 1 aromatic carbocycles. The highest BCUT2D eigenvalue weighted by Crippen LogP contribution is 2.16. The SMILES string of the molecule is CSc1ccc(NC(=O)c2ccc([N+](=O)[O-])cc2)cn1. The fourth-order valence-corrected chi connectivity index (χ4v) is 1.88. The van der Waals surface area contributed by atoms with Crippen LogP contribution in [-0.2, 0) is 0 Å². The molecule has 0 spiro atoms. The molecule has 0 saturated carbocycles. The number of aromatic nitrogens is 1. The second kappa shape index (κ2) is 6.16. The number of carbonyl (C=O) groups is 1. The van der Waals surface area contributed by atoms with Crippen LogP contribution >= 0.6 is 11.8 Å². The summed E-state index contributed by atoms with van der Waals surface area (Å²) in [5, 5.41) is 14.1. The number of amides is 1. The van der Waals surface area contributed by atoms with E-state index in [4.69, 9.17) is 0 Å². The van der Waals surface area contributed by atoms with Crippen LogP contribution in [0.25, 0.3) is 0 Å². The van der Waals surface area contributed by atoms with Gasteiger partial charge in [0.2, 0.25) is 0 Å². The van der Waals surface area contributed by atoms with E-state index in [9.17, 15) is 14.9 Å². The summed E-state index contributed by atoms with van der Waals surface area (Å²) in [5.41, 5.74) is 0.878. The van der Waals surface area contributed by atoms with Gasteiger partial charge >= 0.3 is 0 Å². The summed E-state index contributed by atoms with van der Waals surface area (Å²) in [6.07, 6.45) is 3.48. The molecule has 0 radical (unpaired) electrons. The standard InChI is InChI=1S/C13H11N3O3S/c1-20-12-7-4-10(8-14-12)15-13(17)9-2-5-11(6-3-9)16(18)19/h2-8H,1H3,(H,15,17). The highest BCUT2D eigenvalue weighted by atomic mass is 32.2. The fraction of sp³-hybridized carbons (Fsp3) is 0.0769. The van der Waals surface area contributed by atoms with Crippen LogP contribution in [0, 0.1) is 10.1 Å². The van der Waals surface area contributed by atoms with Gasteiger partial charge in [-0.3, -0.25) is 14.9 Å². The molecule has 1 amide bonds. The molecule has 1 heterocycles. The minimum atomic E-state index is -0.507. The monoisotopic (exact) mass is 289 g/mol. The third kappa shape index (κ3) is 3.33. The number of anilines is 1. The Balaban J connectivity index is 2.08. The lowest BCUT2D eigenvalue weighted by Gasteiger charge is -2.05. The van der Waals surface area contributed by atoms with Gasteiger partial charge in [0.25, 0.3) is 11.6 Å². The van der Waals surface area contributed by atoms with Crippen LogP contribution in [0.1, 0.15) is 10.4 Å². The van der Waals surface area contributed by atoms with Crippen molar-refractivity contribution in [2.24, 2.45) is 0 Å². The van der Waals surface area contributed by atoms with Crippen molar-refractivity contribution < 1.29 is 9.72 Å². The second-order valence-corrected chi connectivity index (χ2v) is 4.67. The van der Waals surface area contributed by atoms with Crippen molar-refractivity contribution in [1.82, 2.24) is 4.98 Å². The first-order chi connectivity index (χ1) is 9.60. The van der Waals surface area contributed by atoms with Gasteiger partial charge in [-0.1, -0.05) is 0 Å². The maximum Gasteiger partial charge on any atom is 0.269 e. The minimum absolute atomic E-state index is 0.0486. The molecule has 0 fully saturated rings. The van der Waals surface area contributed by atoms with Crippen LogP contribution < -0.4 is 5.32 Å². The molecule has 0 bridgehead atoms. The maximum atomic E-state index is 11.9. The summed E-state index contributed by atoms with van der Waals surface area (Å²) in [6.45, 7) is 0. The number of hydrogen-bond donors (Lipinski definition) is 1. The van der Waals surface area contributed by atoms with Crippen molar-refractivity contribution in [2.75, 3.05) is 11.6 Å². The van der Waals surface area contributed by atoms with Crippen molar-refractivity contribution in [3.05, 3.63) is 58.3 Å². The average Bonchev–Trinajstić information content (AvgIpc) is 2.48. The number of nitrogens with zero attached hydrogens (tertiary/aromatic N) is 2. The summed E-state index contributed by atoms with van der Waals surface area (Å²) in [5.74, 6) is -0.335. The summed E-state index contributed by atoms with van der Waals surface area (Å²) in [7, 11) is 0. The largest absolute Gasteiger partial charge is 0.321 e. The zero-order valence-electron chi connectivity index (χ0n) is 10.6. The summed E-state index contributed by atoms with van der Waals surface area (Å²) >= 11 is 1.51. The molecular weight excluding hydrogens is 278 g/mol. The molecule has 1 aromatic heterocycles. The number of carbonyl (C=O) groups excluding carboxylic acids is 1. The zero-order chi connectivity index (χ0) is 14.5. The van der Waals surface area contributed by atoms with Crippen molar-refractivity contribution in [3.63, 3.8) is 0 Å². The van der Waals surface area contributed by atoms with Gasteiger partial charge in [0.1, 0.15) is 0 Å². The molecule has 6 nitrogen and oxygen atoms in total. The van der Waals surface area contributed by atoms with Gasteiger partial charge in [-0.2, -0.15) is 0 Å². The number of nitrogens with one attached hydrogen (secondary N) is 1. The molecule has 2 rings (SSSR count). The van der Waals surface area contributed by atoms with Crippen LogP contribution in [0.4, 0.5) is 11.4 Å². The van der Waals surface area contributed by atoms with Gasteiger partial charge in [0, 0.05) is 17.7 Å². The number of non-ortho nitro benzene ring substituents is 1. The van der Waals surface area contributed by atoms with E-state index < -0.39 is 4.92 Å². The summed E-state index contributed by atoms with van der Waals surface area (Å²) in [6, 6.07) is 8.97. The molecule has 0 unspecified atom stereocenters. The third-order valence-electron chi connectivity index (χ3n) is 2.54. The molecule has 102 valence electrons. The van der Waals surface area contributed by atoms with E-state index in [1.807, 2.05) is 6.26 Å². The first kappa shape index (κ1) is 14.0. The molecule has 1 N–H and O–H groups in total. The van der Waals surface area contributed by atoms with Gasteiger partial charge in [0.15, 0.2) is 0 Å². The predicted molar refractivity (Wildman–Crippen MR) is 77.1 cm³/mol. The lowest BCUT2D eigenvalue weighted by Crippen LogP contribution is -2.11. The van der Waals surface area contributed by atoms with Crippen LogP contribution in [0.15, 0.2) is 47.6 Å². The number of benzene rings is 1. The quantitative estimate of drug-likeness (QED) is 0.531. The normalized spacial score (nSPS) is 10.1. The Morgan fingerprint density at radius 2 is 1.95 bits per heavy atom. The Morgan fingerprint density at radius 3 is 2.45 bits per heavy atom. The molecule has 0 atom stereocenters. The van der Waals surface area contributed by atoms with Crippen molar-refractivity contribution >= 4 is 29.0 Å². The van der Waals surface area contributed by atoms with Gasteiger partial charge in [-0.25, -0.2) is 4.98 Å². The van der Waals surface area contributed by atoms with Gasteiger partial charge < -0.3 is 5.32 Å². The highest BCUT2D eigenvalue weighted by Gasteiger charge is 2.09. The van der Waals surface area contributed by atoms with Crippen molar-refractivity contribution in [1.29, 1.82) is 0 Å². The van der Waals surface area contributed by atoms with Crippen molar-refractivity contribution in [3.8, 4) is 0 Å². The number of thioether (sulfide) groups is 1. The van der Waals surface area contributed by atoms with E-state index in [1.54, 1.807) is 18.3 Å². The van der Waals surface area contributed by atoms with Gasteiger partial charge in [0.05, 0.1) is 21.8 Å². The molecule has 0 aliphatic rings. The summed E-state index contributed by atoms with van der Waals surface area (Å²) in [4.78, 5) is 26.1. The van der Waals surface area contributed by atoms with Crippen molar-refractivity contribution in [2.45, 2.75) is 5.03 Å². The Labute approximate surface area is 119 Å². The molecule has 2 aromatic rings. The van der Waals surface area contributed by atoms with E-state index in [1.165, 1.54) is 36.0 Å². The number of nitro groups is 1. The van der Waals surface area contributed by atoms with E-state index in [0.29, 0.717) is 11.3 Å². The molecule has 0 aliphatic carbocycles. The topological polar surface area (TPSA) is 85.1 Å². The Hall–Kier alpha value is -2.41. The van der Waals surface area contributed by atoms with Gasteiger partial charge in [-0.15, -0.1) is 11.8 Å². The number of nitro benzene ring substituents is 1. The van der Waals surface area contributed by atoms with E-state index in [-0.39, 0.29) is 11.6 Å². The first-order valence-electron chi connectivity index (χ1n) is 5.66. The van der Waals surface area contributed by atoms with Crippen LogP contribution in [0.2, 0.25) is 0 Å². The Kier molecular flexibility index (Phi) is 4.31. The maximum absolute atomic E-state index is 11.9. The highest BCUT2D eigenvalue weighted by molar-refractivity contribution is 7.98. The molecule has 7 heteroatoms. The number of rotatable bonds is 4. The Bertz CT molecular complexity index is 626. The van der Waals surface area contributed by atoms with Gasteiger partial charge in [-0.05, 0) is 30.5 Å². The number of pyridine rings is 1. The number of hydrogen-bond acceptors (Lipinski definition) is 5. The van der Waals surface area contributed by atoms with Crippen LogP contribution in [-0.4, -0.2) is 22.1 Å². The molecule has 0 saturated heterocycles. The fourth-order valence-electron chi connectivity index (χ4n) is 1.51. The predicted octanol–water partition coefficient (Wildman–Crippen LogP) is 2.96. The van der Waals surface area contributed by atoms with E-state index in [2.05, 4.69) is 10.3 Å². The molecule has 0 aliphatic heterocycles. The van der Waals surface area contributed by atoms with E-state index in [0.717, 1.165) is 5.03 Å². The minimum Gasteiger partial charge on any atom is -0.321 e. The first-order valence-corrected chi connectivity index (χ1v) is 6.88. The lowest BCUT2D eigenvalue weighted by atomic mass is 10.2. The Morgan fingerprint density at radius 1 is 1.25 bits per heavy atom. The van der Waals surface area contributed by atoms with E-state index >= 15 is 0 Å². The third-order valence-corrected chi connectivity index (χ3v) is 3.20. The average molecular weight is 289 g/mol. The summed E-state index contributed by atoms with van der Waals surface area (Å²) < 4.78 is 0. The smallest absolute Gasteiger partial charge is 0.269 e. The second-order valence-electron chi connectivity index (χ2n) is 3.85. The molecule has 20 heavy (non-hydrogen) atoms. The lowest BCUT2D eigenvalue weighted by molar-refractivity contribution is -0.384. The van der Waals surface area contributed by atoms with Crippen LogP contribution in [0.3, 0.4) is 0 Å². The van der Waals surface area contributed by atoms with Crippen LogP contribution in [0.5, 0.6) is 0 Å². The molecular formula is C13H11N3O3S.